The molecule has 1 unspecified atom stereocenters. The van der Waals surface area contributed by atoms with Crippen LogP contribution in [0.4, 0.5) is 17.6 Å². The lowest BCUT2D eigenvalue weighted by molar-refractivity contribution is -0.110. The molecule has 0 amide bonds. The van der Waals surface area contributed by atoms with Crippen LogP contribution in [0.1, 0.15) is 25.5 Å². The molecule has 0 spiro atoms. The summed E-state index contributed by atoms with van der Waals surface area (Å²) in [4.78, 5) is 0. The molecular weight excluding hydrogens is 250 g/mol. The molecule has 0 saturated carbocycles. The largest absolute Gasteiger partial charge is 0.382 e. The lowest BCUT2D eigenvalue weighted by atomic mass is 10.0. The normalized spacial score (nSPS) is 14.0. The summed E-state index contributed by atoms with van der Waals surface area (Å²) in [6.07, 6.45) is -2.39. The van der Waals surface area contributed by atoms with Gasteiger partial charge in [-0.1, -0.05) is 26.0 Å². The SMILES string of the molecule is CC(C)NCC(F)(F)C(O)c1cccc(F)c1F. The number of hydrogen-bond acceptors (Lipinski definition) is 2. The predicted molar refractivity (Wildman–Crippen MR) is 59.4 cm³/mol. The number of rotatable bonds is 5. The smallest absolute Gasteiger partial charge is 0.289 e. The van der Waals surface area contributed by atoms with Gasteiger partial charge in [-0.3, -0.25) is 0 Å². The first-order valence-corrected chi connectivity index (χ1v) is 5.49. The Hall–Kier alpha value is -1.14. The zero-order valence-electron chi connectivity index (χ0n) is 10.1. The molecule has 1 aromatic carbocycles. The minimum absolute atomic E-state index is 0.208. The molecule has 1 rings (SSSR count). The minimum Gasteiger partial charge on any atom is -0.382 e. The maximum atomic E-state index is 13.6. The third-order valence-corrected chi connectivity index (χ3v) is 2.42. The zero-order valence-corrected chi connectivity index (χ0v) is 10.1. The number of benzene rings is 1. The fraction of sp³-hybridized carbons (Fsp3) is 0.500. The minimum atomic E-state index is -3.58. The molecule has 6 heteroatoms. The molecule has 0 bridgehead atoms. The monoisotopic (exact) mass is 265 g/mol. The zero-order chi connectivity index (χ0) is 13.9. The van der Waals surface area contributed by atoms with E-state index in [-0.39, 0.29) is 6.04 Å². The van der Waals surface area contributed by atoms with Gasteiger partial charge in [0.15, 0.2) is 11.6 Å². The molecule has 18 heavy (non-hydrogen) atoms. The van der Waals surface area contributed by atoms with Crippen LogP contribution in [0.5, 0.6) is 0 Å². The van der Waals surface area contributed by atoms with Crippen LogP contribution in [-0.4, -0.2) is 23.6 Å². The van der Waals surface area contributed by atoms with E-state index in [1.54, 1.807) is 13.8 Å². The van der Waals surface area contributed by atoms with Crippen LogP contribution in [0.25, 0.3) is 0 Å². The van der Waals surface area contributed by atoms with Crippen molar-refractivity contribution in [3.63, 3.8) is 0 Å². The summed E-state index contributed by atoms with van der Waals surface area (Å²) in [7, 11) is 0. The molecule has 0 aliphatic carbocycles. The van der Waals surface area contributed by atoms with E-state index >= 15 is 0 Å². The van der Waals surface area contributed by atoms with Gasteiger partial charge >= 0.3 is 0 Å². The number of aliphatic hydroxyl groups excluding tert-OH is 1. The molecule has 0 radical (unpaired) electrons. The quantitative estimate of drug-likeness (QED) is 0.802. The van der Waals surface area contributed by atoms with Gasteiger partial charge in [0.1, 0.15) is 6.10 Å². The van der Waals surface area contributed by atoms with Gasteiger partial charge in [0.05, 0.1) is 6.54 Å². The van der Waals surface area contributed by atoms with Crippen LogP contribution in [0.15, 0.2) is 18.2 Å². The Morgan fingerprint density at radius 3 is 2.44 bits per heavy atom. The fourth-order valence-electron chi connectivity index (χ4n) is 1.40. The topological polar surface area (TPSA) is 32.3 Å². The van der Waals surface area contributed by atoms with Crippen LogP contribution in [0.3, 0.4) is 0 Å². The number of hydrogen-bond donors (Lipinski definition) is 2. The summed E-state index contributed by atoms with van der Waals surface area (Å²) in [5.74, 6) is -6.30. The van der Waals surface area contributed by atoms with Crippen molar-refractivity contribution < 1.29 is 22.7 Å². The number of halogens is 4. The first kappa shape index (κ1) is 14.9. The van der Waals surface area contributed by atoms with Crippen molar-refractivity contribution in [1.29, 1.82) is 0 Å². The van der Waals surface area contributed by atoms with E-state index < -0.39 is 35.8 Å². The Bertz CT molecular complexity index is 409. The molecule has 2 N–H and O–H groups in total. The van der Waals surface area contributed by atoms with Gasteiger partial charge in [0, 0.05) is 11.6 Å². The molecule has 0 aliphatic heterocycles. The van der Waals surface area contributed by atoms with Gasteiger partial charge in [-0.05, 0) is 6.07 Å². The van der Waals surface area contributed by atoms with Gasteiger partial charge < -0.3 is 10.4 Å². The van der Waals surface area contributed by atoms with Gasteiger partial charge in [-0.15, -0.1) is 0 Å². The van der Waals surface area contributed by atoms with Crippen LogP contribution < -0.4 is 5.32 Å². The van der Waals surface area contributed by atoms with Crippen LogP contribution >= 0.6 is 0 Å². The van der Waals surface area contributed by atoms with E-state index in [0.717, 1.165) is 18.2 Å². The van der Waals surface area contributed by atoms with Gasteiger partial charge in [-0.2, -0.15) is 0 Å². The highest BCUT2D eigenvalue weighted by Gasteiger charge is 2.40. The second-order valence-electron chi connectivity index (χ2n) is 4.34. The van der Waals surface area contributed by atoms with Crippen molar-refractivity contribution in [1.82, 2.24) is 5.32 Å². The maximum absolute atomic E-state index is 13.6. The summed E-state index contributed by atoms with van der Waals surface area (Å²) in [5.41, 5.74) is -0.745. The molecule has 102 valence electrons. The summed E-state index contributed by atoms with van der Waals surface area (Å²) in [6, 6.07) is 2.60. The van der Waals surface area contributed by atoms with E-state index in [1.807, 2.05) is 0 Å². The molecule has 0 heterocycles. The maximum Gasteiger partial charge on any atom is 0.289 e. The Kier molecular flexibility index (Phi) is 4.70. The van der Waals surface area contributed by atoms with Crippen LogP contribution in [0.2, 0.25) is 0 Å². The highest BCUT2D eigenvalue weighted by Crippen LogP contribution is 2.32. The molecule has 0 aromatic heterocycles. The Balaban J connectivity index is 2.91. The van der Waals surface area contributed by atoms with Crippen molar-refractivity contribution in [3.8, 4) is 0 Å². The van der Waals surface area contributed by atoms with Crippen LogP contribution in [-0.2, 0) is 0 Å². The standard InChI is InChI=1S/C12H15F4NO/c1-7(2)17-6-12(15,16)11(18)8-4-3-5-9(13)10(8)14/h3-5,7,11,17-18H,6H2,1-2H3. The van der Waals surface area contributed by atoms with Gasteiger partial charge in [0.25, 0.3) is 5.92 Å². The second kappa shape index (κ2) is 5.67. The number of nitrogens with one attached hydrogen (secondary N) is 1. The average Bonchev–Trinajstić information content (AvgIpc) is 2.29. The van der Waals surface area contributed by atoms with Gasteiger partial charge in [0.2, 0.25) is 0 Å². The molecule has 2 nitrogen and oxygen atoms in total. The van der Waals surface area contributed by atoms with Gasteiger partial charge in [-0.25, -0.2) is 17.6 Å². The lowest BCUT2D eigenvalue weighted by Gasteiger charge is -2.24. The van der Waals surface area contributed by atoms with Crippen molar-refractivity contribution >= 4 is 0 Å². The van der Waals surface area contributed by atoms with E-state index in [2.05, 4.69) is 5.32 Å². The molecular formula is C12H15F4NO. The predicted octanol–water partition coefficient (Wildman–Crippen LogP) is 2.63. The fourth-order valence-corrected chi connectivity index (χ4v) is 1.40. The third kappa shape index (κ3) is 3.43. The summed E-state index contributed by atoms with van der Waals surface area (Å²) in [5, 5.41) is 11.9. The van der Waals surface area contributed by atoms with E-state index in [0.29, 0.717) is 0 Å². The molecule has 0 saturated heterocycles. The summed E-state index contributed by atoms with van der Waals surface area (Å²) < 4.78 is 53.3. The van der Waals surface area contributed by atoms with E-state index in [4.69, 9.17) is 0 Å². The molecule has 0 aliphatic rings. The van der Waals surface area contributed by atoms with E-state index in [1.165, 1.54) is 0 Å². The first-order chi connectivity index (χ1) is 8.25. The third-order valence-electron chi connectivity index (χ3n) is 2.42. The average molecular weight is 265 g/mol. The molecule has 0 fully saturated rings. The van der Waals surface area contributed by atoms with Crippen molar-refractivity contribution in [2.75, 3.05) is 6.54 Å². The van der Waals surface area contributed by atoms with Crippen molar-refractivity contribution in [3.05, 3.63) is 35.4 Å². The van der Waals surface area contributed by atoms with E-state index in [9.17, 15) is 22.7 Å². The van der Waals surface area contributed by atoms with Crippen molar-refractivity contribution in [2.24, 2.45) is 0 Å². The number of aliphatic hydroxyl groups is 1. The summed E-state index contributed by atoms with van der Waals surface area (Å²) in [6.45, 7) is 2.50. The Morgan fingerprint density at radius 2 is 1.89 bits per heavy atom. The Morgan fingerprint density at radius 1 is 1.28 bits per heavy atom. The first-order valence-electron chi connectivity index (χ1n) is 5.49. The lowest BCUT2D eigenvalue weighted by Crippen LogP contribution is -2.41. The Labute approximate surface area is 103 Å². The number of alkyl halides is 2. The van der Waals surface area contributed by atoms with Crippen LogP contribution in [0, 0.1) is 11.6 Å². The molecule has 1 atom stereocenters. The molecule has 1 aromatic rings. The van der Waals surface area contributed by atoms with Crippen molar-refractivity contribution in [2.45, 2.75) is 31.9 Å². The highest BCUT2D eigenvalue weighted by atomic mass is 19.3. The second-order valence-corrected chi connectivity index (χ2v) is 4.34. The summed E-state index contributed by atoms with van der Waals surface area (Å²) >= 11 is 0. The highest BCUT2D eigenvalue weighted by molar-refractivity contribution is 5.23.